The van der Waals surface area contributed by atoms with Crippen LogP contribution in [-0.2, 0) is 0 Å². The van der Waals surface area contributed by atoms with E-state index in [9.17, 15) is 14.4 Å². The van der Waals surface area contributed by atoms with E-state index in [0.717, 1.165) is 10.6 Å². The highest BCUT2D eigenvalue weighted by molar-refractivity contribution is 9.10. The molecule has 2 amide bonds. The molecule has 7 nitrogen and oxygen atoms in total. The smallest absolute Gasteiger partial charge is 0.262 e. The zero-order valence-corrected chi connectivity index (χ0v) is 14.0. The Kier molecular flexibility index (Phi) is 3.65. The van der Waals surface area contributed by atoms with Crippen molar-refractivity contribution in [2.45, 2.75) is 0 Å². The minimum atomic E-state index is -0.656. The molecule has 1 aromatic heterocycles. The number of methoxy groups -OCH3 is 1. The predicted molar refractivity (Wildman–Crippen MR) is 87.5 cm³/mol. The molecule has 9 heteroatoms. The molecule has 0 saturated carbocycles. The molecular formula is C14H9BrClN3O4. The number of aromatic nitrogens is 1. The van der Waals surface area contributed by atoms with Crippen LogP contribution in [0, 0.1) is 0 Å². The number of fused-ring (bicyclic) bond motifs is 1. The third-order valence-electron chi connectivity index (χ3n) is 3.42. The molecule has 0 saturated heterocycles. The highest BCUT2D eigenvalue weighted by Gasteiger charge is 2.32. The number of nitrogens with two attached hydrogens (primary N) is 1. The Morgan fingerprint density at radius 3 is 2.57 bits per heavy atom. The molecular weight excluding hydrogens is 390 g/mol. The molecule has 1 aliphatic heterocycles. The van der Waals surface area contributed by atoms with Crippen LogP contribution in [0.3, 0.4) is 0 Å². The van der Waals surface area contributed by atoms with Gasteiger partial charge in [0.2, 0.25) is 0 Å². The lowest BCUT2D eigenvalue weighted by Gasteiger charge is -2.15. The number of rotatable bonds is 2. The number of imide groups is 1. The first kappa shape index (κ1) is 15.6. The molecule has 0 bridgehead atoms. The first-order valence-corrected chi connectivity index (χ1v) is 7.47. The molecule has 3 N–H and O–H groups in total. The van der Waals surface area contributed by atoms with E-state index >= 15 is 0 Å². The van der Waals surface area contributed by atoms with Gasteiger partial charge in [-0.05, 0) is 22.0 Å². The van der Waals surface area contributed by atoms with Crippen LogP contribution in [0.25, 0.3) is 5.69 Å². The Balaban J connectivity index is 2.35. The molecule has 2 aromatic rings. The molecule has 0 aliphatic carbocycles. The molecule has 0 atom stereocenters. The van der Waals surface area contributed by atoms with Crippen LogP contribution in [0.2, 0.25) is 5.02 Å². The summed E-state index contributed by atoms with van der Waals surface area (Å²) in [4.78, 5) is 35.9. The summed E-state index contributed by atoms with van der Waals surface area (Å²) in [5.41, 5.74) is 5.52. The number of anilines is 1. The summed E-state index contributed by atoms with van der Waals surface area (Å²) >= 11 is 9.47. The highest BCUT2D eigenvalue weighted by Crippen LogP contribution is 2.34. The lowest BCUT2D eigenvalue weighted by Crippen LogP contribution is -2.24. The summed E-state index contributed by atoms with van der Waals surface area (Å²) in [6, 6.07) is 4.10. The third kappa shape index (κ3) is 2.30. The van der Waals surface area contributed by atoms with E-state index < -0.39 is 17.4 Å². The molecule has 2 heterocycles. The van der Waals surface area contributed by atoms with Gasteiger partial charge in [0.1, 0.15) is 11.6 Å². The summed E-state index contributed by atoms with van der Waals surface area (Å²) in [5, 5.41) is 2.32. The lowest BCUT2D eigenvalue weighted by atomic mass is 10.1. The maximum atomic E-state index is 12.4. The van der Waals surface area contributed by atoms with Crippen LogP contribution >= 0.6 is 27.5 Å². The fourth-order valence-electron chi connectivity index (χ4n) is 2.37. The lowest BCUT2D eigenvalue weighted by molar-refractivity contribution is 0.0880. The van der Waals surface area contributed by atoms with E-state index in [-0.39, 0.29) is 27.7 Å². The monoisotopic (exact) mass is 397 g/mol. The van der Waals surface area contributed by atoms with Crippen molar-refractivity contribution in [3.05, 3.63) is 49.2 Å². The van der Waals surface area contributed by atoms with Crippen LogP contribution in [0.5, 0.6) is 5.75 Å². The number of pyridine rings is 1. The number of hydrogen-bond acceptors (Lipinski definition) is 5. The van der Waals surface area contributed by atoms with Gasteiger partial charge in [0, 0.05) is 12.1 Å². The van der Waals surface area contributed by atoms with Crippen molar-refractivity contribution in [3.8, 4) is 11.4 Å². The molecule has 1 aromatic carbocycles. The fourth-order valence-corrected chi connectivity index (χ4v) is 3.26. The molecule has 118 valence electrons. The molecule has 1 aliphatic rings. The number of carbonyl (C=O) groups is 2. The Hall–Kier alpha value is -2.32. The number of amides is 2. The van der Waals surface area contributed by atoms with Gasteiger partial charge in [-0.15, -0.1) is 0 Å². The molecule has 0 unspecified atom stereocenters. The highest BCUT2D eigenvalue weighted by atomic mass is 79.9. The van der Waals surface area contributed by atoms with Gasteiger partial charge in [0.15, 0.2) is 0 Å². The van der Waals surface area contributed by atoms with Crippen molar-refractivity contribution in [2.24, 2.45) is 0 Å². The zero-order valence-electron chi connectivity index (χ0n) is 11.6. The third-order valence-corrected chi connectivity index (χ3v) is 4.34. The average Bonchev–Trinajstić information content (AvgIpc) is 2.75. The van der Waals surface area contributed by atoms with E-state index in [1.54, 1.807) is 6.07 Å². The van der Waals surface area contributed by atoms with Gasteiger partial charge in [-0.2, -0.15) is 0 Å². The summed E-state index contributed by atoms with van der Waals surface area (Å²) < 4.78 is 6.83. The first-order valence-electron chi connectivity index (χ1n) is 6.29. The Bertz CT molecular complexity index is 939. The number of nitrogens with zero attached hydrogens (tertiary/aromatic N) is 1. The van der Waals surface area contributed by atoms with Gasteiger partial charge in [-0.1, -0.05) is 11.6 Å². The topological polar surface area (TPSA) is 103 Å². The fraction of sp³-hybridized carbons (Fsp3) is 0.0714. The second-order valence-corrected chi connectivity index (χ2v) is 5.97. The van der Waals surface area contributed by atoms with E-state index in [0.29, 0.717) is 10.2 Å². The van der Waals surface area contributed by atoms with Crippen LogP contribution in [0.1, 0.15) is 20.7 Å². The van der Waals surface area contributed by atoms with Crippen molar-refractivity contribution in [3.63, 3.8) is 0 Å². The molecule has 0 fully saturated rings. The van der Waals surface area contributed by atoms with Gasteiger partial charge < -0.3 is 10.5 Å². The number of nitrogen functional groups attached to an aromatic ring is 1. The SMILES string of the molecule is COc1cc(-n2c(N)c3c(cc2=O)C(=O)NC3=O)c(Cl)cc1Br. The summed E-state index contributed by atoms with van der Waals surface area (Å²) in [6.45, 7) is 0. The standard InChI is InChI=1S/C14H9BrClN3O4/c1-23-9-4-8(7(16)3-6(9)15)19-10(20)2-5-11(12(19)17)14(22)18-13(5)21/h2-4H,17H2,1H3,(H,18,21,22). The van der Waals surface area contributed by atoms with Gasteiger partial charge in [-0.3, -0.25) is 24.3 Å². The van der Waals surface area contributed by atoms with Crippen molar-refractivity contribution in [1.29, 1.82) is 0 Å². The van der Waals surface area contributed by atoms with E-state index in [1.807, 2.05) is 0 Å². The number of carbonyl (C=O) groups excluding carboxylic acids is 2. The van der Waals surface area contributed by atoms with Crippen LogP contribution in [-0.4, -0.2) is 23.5 Å². The van der Waals surface area contributed by atoms with Crippen molar-refractivity contribution in [1.82, 2.24) is 9.88 Å². The van der Waals surface area contributed by atoms with Gasteiger partial charge in [0.25, 0.3) is 17.4 Å². The number of hydrogen-bond donors (Lipinski definition) is 2. The van der Waals surface area contributed by atoms with E-state index in [2.05, 4.69) is 21.2 Å². The maximum absolute atomic E-state index is 12.4. The predicted octanol–water partition coefficient (Wildman–Crippen LogP) is 1.73. The van der Waals surface area contributed by atoms with E-state index in [1.165, 1.54) is 13.2 Å². The second kappa shape index (κ2) is 5.39. The number of ether oxygens (including phenoxy) is 1. The van der Waals surface area contributed by atoms with Gasteiger partial charge >= 0.3 is 0 Å². The second-order valence-electron chi connectivity index (χ2n) is 4.71. The van der Waals surface area contributed by atoms with Crippen LogP contribution in [0.15, 0.2) is 27.5 Å². The van der Waals surface area contributed by atoms with Crippen LogP contribution < -0.4 is 21.3 Å². The van der Waals surface area contributed by atoms with Crippen molar-refractivity contribution >= 4 is 45.2 Å². The van der Waals surface area contributed by atoms with Crippen LogP contribution in [0.4, 0.5) is 5.82 Å². The summed E-state index contributed by atoms with van der Waals surface area (Å²) in [7, 11) is 1.46. The average molecular weight is 399 g/mol. The minimum absolute atomic E-state index is 0.0473. The molecule has 0 spiro atoms. The maximum Gasteiger partial charge on any atom is 0.262 e. The number of nitrogens with one attached hydrogen (secondary N) is 1. The minimum Gasteiger partial charge on any atom is -0.495 e. The summed E-state index contributed by atoms with van der Waals surface area (Å²) in [6.07, 6.45) is 0. The largest absolute Gasteiger partial charge is 0.495 e. The first-order chi connectivity index (χ1) is 10.8. The number of benzene rings is 1. The Labute approximate surface area is 143 Å². The van der Waals surface area contributed by atoms with E-state index in [4.69, 9.17) is 22.1 Å². The number of halogens is 2. The zero-order chi connectivity index (χ0) is 16.9. The van der Waals surface area contributed by atoms with Crippen molar-refractivity contribution < 1.29 is 14.3 Å². The molecule has 0 radical (unpaired) electrons. The summed E-state index contributed by atoms with van der Waals surface area (Å²) in [5.74, 6) is -1.05. The van der Waals surface area contributed by atoms with Gasteiger partial charge in [0.05, 0.1) is 33.4 Å². The quantitative estimate of drug-likeness (QED) is 0.750. The molecule has 23 heavy (non-hydrogen) atoms. The van der Waals surface area contributed by atoms with Gasteiger partial charge in [-0.25, -0.2) is 0 Å². The normalized spacial score (nSPS) is 13.0. The molecule has 3 rings (SSSR count). The Morgan fingerprint density at radius 2 is 1.91 bits per heavy atom. The Morgan fingerprint density at radius 1 is 1.22 bits per heavy atom. The van der Waals surface area contributed by atoms with Crippen molar-refractivity contribution in [2.75, 3.05) is 12.8 Å².